The zero-order valence-electron chi connectivity index (χ0n) is 14.1. The van der Waals surface area contributed by atoms with Crippen LogP contribution < -0.4 is 15.9 Å². The fraction of sp³-hybridized carbons (Fsp3) is 0.235. The number of hydrogen-bond donors (Lipinski definition) is 1. The maximum atomic E-state index is 12.7. The Hall–Kier alpha value is -3.10. The van der Waals surface area contributed by atoms with Crippen molar-refractivity contribution in [3.05, 3.63) is 64.1 Å². The van der Waals surface area contributed by atoms with Crippen molar-refractivity contribution < 1.29 is 18.0 Å². The SMILES string of the molecule is CN(C)c1ccc(/C=N\NC(=O)Cn2cc(C(F)(F)F)ccc2=O)cc1. The van der Waals surface area contributed by atoms with E-state index in [4.69, 9.17) is 0 Å². The molecule has 138 valence electrons. The van der Waals surface area contributed by atoms with Crippen molar-refractivity contribution in [2.45, 2.75) is 12.7 Å². The first-order chi connectivity index (χ1) is 12.2. The molecule has 1 aromatic carbocycles. The molecule has 0 saturated heterocycles. The van der Waals surface area contributed by atoms with Crippen molar-refractivity contribution in [2.75, 3.05) is 19.0 Å². The minimum absolute atomic E-state index is 0.570. The van der Waals surface area contributed by atoms with Gasteiger partial charge in [-0.1, -0.05) is 12.1 Å². The molecule has 0 bridgehead atoms. The van der Waals surface area contributed by atoms with E-state index in [1.807, 2.05) is 31.1 Å². The summed E-state index contributed by atoms with van der Waals surface area (Å²) in [6.07, 6.45) is -2.60. The number of aromatic nitrogens is 1. The summed E-state index contributed by atoms with van der Waals surface area (Å²) in [5.41, 5.74) is 2.19. The van der Waals surface area contributed by atoms with Gasteiger partial charge in [0.15, 0.2) is 0 Å². The van der Waals surface area contributed by atoms with Gasteiger partial charge in [-0.2, -0.15) is 18.3 Å². The second kappa shape index (κ2) is 7.85. The molecule has 0 aliphatic rings. The second-order valence-electron chi connectivity index (χ2n) is 5.66. The predicted molar refractivity (Wildman–Crippen MR) is 92.2 cm³/mol. The molecule has 1 amide bonds. The van der Waals surface area contributed by atoms with Crippen LogP contribution in [0.2, 0.25) is 0 Å². The predicted octanol–water partition coefficient (Wildman–Crippen LogP) is 2.08. The zero-order valence-corrected chi connectivity index (χ0v) is 14.1. The maximum Gasteiger partial charge on any atom is 0.417 e. The van der Waals surface area contributed by atoms with Crippen LogP contribution in [0.25, 0.3) is 0 Å². The Balaban J connectivity index is 1.99. The summed E-state index contributed by atoms with van der Waals surface area (Å²) in [6, 6.07) is 8.76. The highest BCUT2D eigenvalue weighted by Gasteiger charge is 2.31. The van der Waals surface area contributed by atoms with E-state index in [-0.39, 0.29) is 0 Å². The van der Waals surface area contributed by atoms with Gasteiger partial charge in [-0.15, -0.1) is 0 Å². The van der Waals surface area contributed by atoms with Crippen LogP contribution in [0.1, 0.15) is 11.1 Å². The monoisotopic (exact) mass is 366 g/mol. The number of carbonyl (C=O) groups is 1. The Kier molecular flexibility index (Phi) is 5.81. The number of hydrazone groups is 1. The Labute approximate surface area is 147 Å². The third-order valence-corrected chi connectivity index (χ3v) is 3.44. The molecule has 0 fully saturated rings. The molecular formula is C17H17F3N4O2. The van der Waals surface area contributed by atoms with E-state index in [0.29, 0.717) is 16.8 Å². The van der Waals surface area contributed by atoms with E-state index in [1.54, 1.807) is 12.1 Å². The molecular weight excluding hydrogens is 349 g/mol. The highest BCUT2D eigenvalue weighted by molar-refractivity contribution is 5.82. The number of alkyl halides is 3. The van der Waals surface area contributed by atoms with Gasteiger partial charge in [0.05, 0.1) is 11.8 Å². The second-order valence-corrected chi connectivity index (χ2v) is 5.66. The minimum Gasteiger partial charge on any atom is -0.378 e. The Morgan fingerprint density at radius 1 is 1.19 bits per heavy atom. The van der Waals surface area contributed by atoms with Gasteiger partial charge in [0.2, 0.25) is 0 Å². The summed E-state index contributed by atoms with van der Waals surface area (Å²) >= 11 is 0. The average Bonchev–Trinajstić information content (AvgIpc) is 2.56. The van der Waals surface area contributed by atoms with Crippen LogP contribution >= 0.6 is 0 Å². The highest BCUT2D eigenvalue weighted by Crippen LogP contribution is 2.27. The van der Waals surface area contributed by atoms with Gasteiger partial charge in [-0.25, -0.2) is 5.43 Å². The molecule has 0 atom stereocenters. The standard InChI is InChI=1S/C17H17F3N4O2/c1-23(2)14-6-3-12(4-7-14)9-21-22-15(25)11-24-10-13(17(18,19)20)5-8-16(24)26/h3-10H,11H2,1-2H3,(H,22,25)/b21-9-. The van der Waals surface area contributed by atoms with Gasteiger partial charge in [0.1, 0.15) is 6.54 Å². The highest BCUT2D eigenvalue weighted by atomic mass is 19.4. The van der Waals surface area contributed by atoms with E-state index in [1.165, 1.54) is 6.21 Å². The van der Waals surface area contributed by atoms with Crippen LogP contribution in [0.3, 0.4) is 0 Å². The largest absolute Gasteiger partial charge is 0.417 e. The lowest BCUT2D eigenvalue weighted by atomic mass is 10.2. The molecule has 1 heterocycles. The smallest absolute Gasteiger partial charge is 0.378 e. The number of benzene rings is 1. The van der Waals surface area contributed by atoms with Crippen LogP contribution in [-0.2, 0) is 17.5 Å². The molecule has 0 aliphatic carbocycles. The van der Waals surface area contributed by atoms with Crippen LogP contribution in [0.4, 0.5) is 18.9 Å². The number of amides is 1. The molecule has 0 saturated carbocycles. The number of pyridine rings is 1. The summed E-state index contributed by atoms with van der Waals surface area (Å²) in [7, 11) is 3.80. The van der Waals surface area contributed by atoms with Crippen molar-refractivity contribution in [3.8, 4) is 0 Å². The van der Waals surface area contributed by atoms with Crippen LogP contribution in [0.15, 0.2) is 52.5 Å². The first-order valence-electron chi connectivity index (χ1n) is 7.54. The van der Waals surface area contributed by atoms with Crippen molar-refractivity contribution in [3.63, 3.8) is 0 Å². The first-order valence-corrected chi connectivity index (χ1v) is 7.54. The van der Waals surface area contributed by atoms with Gasteiger partial charge in [0, 0.05) is 32.0 Å². The molecule has 2 rings (SSSR count). The summed E-state index contributed by atoms with van der Waals surface area (Å²) in [4.78, 5) is 25.3. The quantitative estimate of drug-likeness (QED) is 0.651. The third kappa shape index (κ3) is 5.20. The lowest BCUT2D eigenvalue weighted by molar-refractivity contribution is -0.138. The topological polar surface area (TPSA) is 66.7 Å². The molecule has 9 heteroatoms. The Bertz CT molecular complexity index is 856. The molecule has 2 aromatic rings. The van der Waals surface area contributed by atoms with E-state index in [2.05, 4.69) is 10.5 Å². The van der Waals surface area contributed by atoms with Crippen LogP contribution in [0.5, 0.6) is 0 Å². The van der Waals surface area contributed by atoms with E-state index < -0.39 is 29.8 Å². The van der Waals surface area contributed by atoms with Gasteiger partial charge < -0.3 is 9.47 Å². The van der Waals surface area contributed by atoms with E-state index in [0.717, 1.165) is 17.3 Å². The van der Waals surface area contributed by atoms with Gasteiger partial charge in [0.25, 0.3) is 11.5 Å². The molecule has 1 N–H and O–H groups in total. The molecule has 1 aromatic heterocycles. The zero-order chi connectivity index (χ0) is 19.3. The number of nitrogens with zero attached hydrogens (tertiary/aromatic N) is 3. The number of anilines is 1. The number of halogens is 3. The van der Waals surface area contributed by atoms with Crippen molar-refractivity contribution >= 4 is 17.8 Å². The molecule has 0 radical (unpaired) electrons. The fourth-order valence-corrected chi connectivity index (χ4v) is 2.05. The minimum atomic E-state index is -4.59. The number of rotatable bonds is 5. The fourth-order valence-electron chi connectivity index (χ4n) is 2.05. The summed E-state index contributed by atoms with van der Waals surface area (Å²) in [6.45, 7) is -0.570. The van der Waals surface area contributed by atoms with E-state index >= 15 is 0 Å². The number of carbonyl (C=O) groups excluding carboxylic acids is 1. The van der Waals surface area contributed by atoms with Gasteiger partial charge >= 0.3 is 6.18 Å². The number of hydrogen-bond acceptors (Lipinski definition) is 4. The first kappa shape index (κ1) is 19.2. The Morgan fingerprint density at radius 2 is 1.85 bits per heavy atom. The maximum absolute atomic E-state index is 12.7. The normalized spacial score (nSPS) is 11.6. The lowest BCUT2D eigenvalue weighted by Crippen LogP contribution is -2.30. The number of nitrogens with one attached hydrogen (secondary N) is 1. The molecule has 6 nitrogen and oxygen atoms in total. The Morgan fingerprint density at radius 3 is 2.42 bits per heavy atom. The average molecular weight is 366 g/mol. The van der Waals surface area contributed by atoms with Crippen molar-refractivity contribution in [2.24, 2.45) is 5.10 Å². The summed E-state index contributed by atoms with van der Waals surface area (Å²) in [5.74, 6) is -0.715. The third-order valence-electron chi connectivity index (χ3n) is 3.44. The van der Waals surface area contributed by atoms with Crippen LogP contribution in [-0.4, -0.2) is 30.8 Å². The van der Waals surface area contributed by atoms with Gasteiger partial charge in [-0.05, 0) is 23.8 Å². The van der Waals surface area contributed by atoms with Crippen LogP contribution in [0, 0.1) is 0 Å². The van der Waals surface area contributed by atoms with E-state index in [9.17, 15) is 22.8 Å². The lowest BCUT2D eigenvalue weighted by Gasteiger charge is -2.11. The van der Waals surface area contributed by atoms with Gasteiger partial charge in [-0.3, -0.25) is 9.59 Å². The summed E-state index contributed by atoms with van der Waals surface area (Å²) in [5, 5.41) is 3.74. The van der Waals surface area contributed by atoms with Crippen molar-refractivity contribution in [1.29, 1.82) is 0 Å². The molecule has 0 aliphatic heterocycles. The molecule has 0 spiro atoms. The van der Waals surface area contributed by atoms with Crippen molar-refractivity contribution in [1.82, 2.24) is 9.99 Å². The molecule has 26 heavy (non-hydrogen) atoms. The molecule has 0 unspecified atom stereocenters. The summed E-state index contributed by atoms with van der Waals surface area (Å²) < 4.78 is 38.7.